The lowest BCUT2D eigenvalue weighted by molar-refractivity contribution is 1.08. The maximum atomic E-state index is 6.19. The van der Waals surface area contributed by atoms with E-state index in [1.54, 1.807) is 18.2 Å². The van der Waals surface area contributed by atoms with Crippen molar-refractivity contribution in [2.45, 2.75) is 13.5 Å². The molecule has 5 nitrogen and oxygen atoms in total. The Labute approximate surface area is 156 Å². The summed E-state index contributed by atoms with van der Waals surface area (Å²) in [6.07, 6.45) is 1.44. The Balaban J connectivity index is 1.77. The molecule has 1 heterocycles. The van der Waals surface area contributed by atoms with Crippen LogP contribution in [-0.4, -0.2) is 9.97 Å². The first kappa shape index (κ1) is 17.3. The number of halogens is 2. The third-order valence-corrected chi connectivity index (χ3v) is 4.49. The fourth-order valence-corrected chi connectivity index (χ4v) is 2.60. The van der Waals surface area contributed by atoms with Crippen molar-refractivity contribution in [1.29, 1.82) is 0 Å². The molecule has 25 heavy (non-hydrogen) atoms. The van der Waals surface area contributed by atoms with Gasteiger partial charge >= 0.3 is 0 Å². The van der Waals surface area contributed by atoms with Crippen LogP contribution in [0.4, 0.5) is 23.0 Å². The largest absolute Gasteiger partial charge is 0.393 e. The lowest BCUT2D eigenvalue weighted by Crippen LogP contribution is -2.08. The number of aryl methyl sites for hydroxylation is 1. The van der Waals surface area contributed by atoms with Crippen LogP contribution < -0.4 is 16.4 Å². The summed E-state index contributed by atoms with van der Waals surface area (Å²) in [7, 11) is 0. The Morgan fingerprint density at radius 1 is 1.00 bits per heavy atom. The van der Waals surface area contributed by atoms with Gasteiger partial charge in [-0.15, -0.1) is 0 Å². The summed E-state index contributed by atoms with van der Waals surface area (Å²) >= 11 is 12.2. The highest BCUT2D eigenvalue weighted by Gasteiger charge is 2.11. The van der Waals surface area contributed by atoms with Crippen molar-refractivity contribution in [1.82, 2.24) is 9.97 Å². The van der Waals surface area contributed by atoms with Gasteiger partial charge in [-0.25, -0.2) is 9.97 Å². The maximum Gasteiger partial charge on any atom is 0.159 e. The van der Waals surface area contributed by atoms with Crippen molar-refractivity contribution in [3.05, 3.63) is 70.0 Å². The zero-order valence-electron chi connectivity index (χ0n) is 13.6. The highest BCUT2D eigenvalue weighted by molar-refractivity contribution is 6.43. The summed E-state index contributed by atoms with van der Waals surface area (Å²) in [4.78, 5) is 8.39. The van der Waals surface area contributed by atoms with Gasteiger partial charge in [0, 0.05) is 6.54 Å². The van der Waals surface area contributed by atoms with Gasteiger partial charge in [0.15, 0.2) is 11.6 Å². The summed E-state index contributed by atoms with van der Waals surface area (Å²) in [6, 6.07) is 13.6. The molecule has 3 rings (SSSR count). The minimum atomic E-state index is 0.408. The van der Waals surface area contributed by atoms with Gasteiger partial charge in [-0.2, -0.15) is 0 Å². The zero-order chi connectivity index (χ0) is 17.8. The van der Waals surface area contributed by atoms with Crippen molar-refractivity contribution in [3.8, 4) is 0 Å². The molecule has 0 fully saturated rings. The minimum Gasteiger partial charge on any atom is -0.393 e. The molecule has 3 aromatic rings. The van der Waals surface area contributed by atoms with E-state index in [1.807, 2.05) is 0 Å². The minimum absolute atomic E-state index is 0.408. The molecule has 128 valence electrons. The number of nitrogens with zero attached hydrogens (tertiary/aromatic N) is 2. The van der Waals surface area contributed by atoms with Gasteiger partial charge in [-0.1, -0.05) is 59.1 Å². The zero-order valence-corrected chi connectivity index (χ0v) is 15.1. The second-order valence-electron chi connectivity index (χ2n) is 5.55. The number of nitrogens with two attached hydrogens (primary N) is 1. The molecular formula is C18H17Cl2N5. The number of benzene rings is 2. The molecule has 0 atom stereocenters. The van der Waals surface area contributed by atoms with Crippen LogP contribution in [0.1, 0.15) is 11.1 Å². The first-order chi connectivity index (χ1) is 12.0. The Morgan fingerprint density at radius 2 is 1.72 bits per heavy atom. The highest BCUT2D eigenvalue weighted by Crippen LogP contribution is 2.33. The Kier molecular flexibility index (Phi) is 5.26. The first-order valence-corrected chi connectivity index (χ1v) is 8.41. The molecule has 0 saturated heterocycles. The summed E-state index contributed by atoms with van der Waals surface area (Å²) in [5, 5.41) is 7.19. The van der Waals surface area contributed by atoms with Gasteiger partial charge in [0.2, 0.25) is 0 Å². The second-order valence-corrected chi connectivity index (χ2v) is 6.34. The molecule has 0 aliphatic heterocycles. The molecular weight excluding hydrogens is 357 g/mol. The number of hydrogen-bond acceptors (Lipinski definition) is 5. The fourth-order valence-electron chi connectivity index (χ4n) is 2.26. The van der Waals surface area contributed by atoms with E-state index in [0.717, 1.165) is 5.56 Å². The van der Waals surface area contributed by atoms with Gasteiger partial charge in [0.25, 0.3) is 0 Å². The van der Waals surface area contributed by atoms with Crippen LogP contribution in [0.3, 0.4) is 0 Å². The third kappa shape index (κ3) is 4.13. The summed E-state index contributed by atoms with van der Waals surface area (Å²) in [6.45, 7) is 2.66. The Morgan fingerprint density at radius 3 is 2.48 bits per heavy atom. The van der Waals surface area contributed by atoms with Crippen molar-refractivity contribution in [3.63, 3.8) is 0 Å². The lowest BCUT2D eigenvalue weighted by atomic mass is 10.1. The second kappa shape index (κ2) is 7.59. The van der Waals surface area contributed by atoms with E-state index in [1.165, 1.54) is 11.9 Å². The number of hydrogen-bond donors (Lipinski definition) is 3. The van der Waals surface area contributed by atoms with E-state index in [-0.39, 0.29) is 0 Å². The number of nitrogen functional groups attached to an aromatic ring is 1. The van der Waals surface area contributed by atoms with E-state index in [9.17, 15) is 0 Å². The average Bonchev–Trinajstić information content (AvgIpc) is 2.61. The molecule has 0 bridgehead atoms. The monoisotopic (exact) mass is 373 g/mol. The molecule has 0 aliphatic carbocycles. The van der Waals surface area contributed by atoms with Crippen LogP contribution in [0, 0.1) is 6.92 Å². The maximum absolute atomic E-state index is 6.19. The summed E-state index contributed by atoms with van der Waals surface area (Å²) in [5.41, 5.74) is 9.57. The Hall–Kier alpha value is -2.50. The predicted molar refractivity (Wildman–Crippen MR) is 105 cm³/mol. The molecule has 4 N–H and O–H groups in total. The molecule has 7 heteroatoms. The van der Waals surface area contributed by atoms with Gasteiger partial charge in [-0.3, -0.25) is 0 Å². The van der Waals surface area contributed by atoms with Gasteiger partial charge in [0.05, 0.1) is 15.7 Å². The molecule has 0 unspecified atom stereocenters. The molecule has 0 spiro atoms. The topological polar surface area (TPSA) is 75.9 Å². The van der Waals surface area contributed by atoms with Gasteiger partial charge in [-0.05, 0) is 24.6 Å². The van der Waals surface area contributed by atoms with E-state index < -0.39 is 0 Å². The normalized spacial score (nSPS) is 10.5. The SMILES string of the molecule is Cc1ccc(CNc2ncnc(Nc3cccc(Cl)c3Cl)c2N)cc1. The molecule has 2 aromatic carbocycles. The van der Waals surface area contributed by atoms with E-state index >= 15 is 0 Å². The fraction of sp³-hybridized carbons (Fsp3) is 0.111. The average molecular weight is 374 g/mol. The van der Waals surface area contributed by atoms with Crippen LogP contribution in [0.2, 0.25) is 10.0 Å². The van der Waals surface area contributed by atoms with E-state index in [4.69, 9.17) is 28.9 Å². The van der Waals surface area contributed by atoms with Gasteiger partial charge in [0.1, 0.15) is 12.0 Å². The Bertz CT molecular complexity index is 881. The number of nitrogens with one attached hydrogen (secondary N) is 2. The summed E-state index contributed by atoms with van der Waals surface area (Å²) in [5.74, 6) is 1.02. The lowest BCUT2D eigenvalue weighted by Gasteiger charge is -2.13. The van der Waals surface area contributed by atoms with E-state index in [0.29, 0.717) is 39.6 Å². The summed E-state index contributed by atoms with van der Waals surface area (Å²) < 4.78 is 0. The van der Waals surface area contributed by atoms with Gasteiger partial charge < -0.3 is 16.4 Å². The van der Waals surface area contributed by atoms with Crippen LogP contribution in [0.25, 0.3) is 0 Å². The van der Waals surface area contributed by atoms with Crippen LogP contribution in [0.5, 0.6) is 0 Å². The molecule has 0 saturated carbocycles. The van der Waals surface area contributed by atoms with Crippen LogP contribution >= 0.6 is 23.2 Å². The predicted octanol–water partition coefficient (Wildman–Crippen LogP) is 5.03. The highest BCUT2D eigenvalue weighted by atomic mass is 35.5. The molecule has 0 aliphatic rings. The third-order valence-electron chi connectivity index (χ3n) is 3.67. The molecule has 1 aromatic heterocycles. The molecule has 0 radical (unpaired) electrons. The smallest absolute Gasteiger partial charge is 0.159 e. The van der Waals surface area contributed by atoms with E-state index in [2.05, 4.69) is 51.8 Å². The standard InChI is InChI=1S/C18H17Cl2N5/c1-11-5-7-12(8-6-11)9-22-17-16(21)18(24-10-23-17)25-14-4-2-3-13(19)15(14)20/h2-8,10H,9,21H2,1H3,(H2,22,23,24,25). The van der Waals surface area contributed by atoms with Crippen molar-refractivity contribution < 1.29 is 0 Å². The molecule has 0 amide bonds. The van der Waals surface area contributed by atoms with Crippen molar-refractivity contribution in [2.75, 3.05) is 16.4 Å². The van der Waals surface area contributed by atoms with Crippen molar-refractivity contribution in [2.24, 2.45) is 0 Å². The number of aromatic nitrogens is 2. The number of rotatable bonds is 5. The van der Waals surface area contributed by atoms with Crippen LogP contribution in [-0.2, 0) is 6.54 Å². The number of anilines is 4. The van der Waals surface area contributed by atoms with Crippen LogP contribution in [0.15, 0.2) is 48.8 Å². The van der Waals surface area contributed by atoms with Crippen molar-refractivity contribution >= 4 is 46.2 Å². The first-order valence-electron chi connectivity index (χ1n) is 7.65. The quantitative estimate of drug-likeness (QED) is 0.584.